The molecule has 0 fully saturated rings. The molecule has 0 amide bonds. The van der Waals surface area contributed by atoms with E-state index in [-0.39, 0.29) is 12.4 Å². The number of hydrogen-bond acceptors (Lipinski definition) is 5. The van der Waals surface area contributed by atoms with Gasteiger partial charge >= 0.3 is 5.97 Å². The maximum atomic E-state index is 13.0. The molecule has 0 aliphatic carbocycles. The molecule has 170 valence electrons. The lowest BCUT2D eigenvalue weighted by Gasteiger charge is -2.29. The van der Waals surface area contributed by atoms with Crippen molar-refractivity contribution in [2.24, 2.45) is 0 Å². The van der Waals surface area contributed by atoms with Crippen LogP contribution in [-0.4, -0.2) is 39.6 Å². The first kappa shape index (κ1) is 22.7. The number of carbonyl (C=O) groups is 2. The van der Waals surface area contributed by atoms with Crippen molar-refractivity contribution in [1.82, 2.24) is 0 Å². The van der Waals surface area contributed by atoms with Crippen molar-refractivity contribution in [3.63, 3.8) is 0 Å². The molecule has 3 aromatic rings. The van der Waals surface area contributed by atoms with E-state index in [4.69, 9.17) is 4.74 Å². The van der Waals surface area contributed by atoms with E-state index in [1.165, 1.54) is 10.6 Å². The van der Waals surface area contributed by atoms with Crippen LogP contribution in [0.4, 0.5) is 5.69 Å². The lowest BCUT2D eigenvalue weighted by atomic mass is 9.91. The Kier molecular flexibility index (Phi) is 6.60. The van der Waals surface area contributed by atoms with E-state index in [1.54, 1.807) is 18.2 Å². The molecule has 1 aliphatic heterocycles. The maximum absolute atomic E-state index is 13.0. The van der Waals surface area contributed by atoms with Crippen molar-refractivity contribution in [1.29, 1.82) is 0 Å². The lowest BCUT2D eigenvalue weighted by Crippen LogP contribution is -2.34. The Morgan fingerprint density at radius 2 is 1.55 bits per heavy atom. The van der Waals surface area contributed by atoms with Gasteiger partial charge < -0.3 is 4.74 Å². The summed E-state index contributed by atoms with van der Waals surface area (Å²) in [4.78, 5) is 25.8. The quantitative estimate of drug-likeness (QED) is 0.391. The summed E-state index contributed by atoms with van der Waals surface area (Å²) in [5, 5.41) is 0. The van der Waals surface area contributed by atoms with Gasteiger partial charge in [-0.15, -0.1) is 0 Å². The van der Waals surface area contributed by atoms with Gasteiger partial charge in [0.2, 0.25) is 10.0 Å². The molecule has 33 heavy (non-hydrogen) atoms. The van der Waals surface area contributed by atoms with Gasteiger partial charge in [-0.05, 0) is 47.7 Å². The molecule has 1 aliphatic rings. The molecular formula is C26H25NO5S. The summed E-state index contributed by atoms with van der Waals surface area (Å²) in [6, 6.07) is 23.6. The molecular weight excluding hydrogens is 438 g/mol. The van der Waals surface area contributed by atoms with Crippen LogP contribution in [0.25, 0.3) is 0 Å². The fraction of sp³-hybridized carbons (Fsp3) is 0.231. The topological polar surface area (TPSA) is 80.8 Å². The molecule has 0 bridgehead atoms. The molecule has 6 nitrogen and oxygen atoms in total. The lowest BCUT2D eigenvalue weighted by molar-refractivity contribution is -0.143. The molecule has 0 atom stereocenters. The Bertz CT molecular complexity index is 1220. The van der Waals surface area contributed by atoms with Crippen LogP contribution in [0.1, 0.15) is 39.4 Å². The second kappa shape index (κ2) is 9.58. The third-order valence-electron chi connectivity index (χ3n) is 5.72. The number of hydrogen-bond donors (Lipinski definition) is 0. The number of aryl methyl sites for hydroxylation is 1. The van der Waals surface area contributed by atoms with E-state index >= 15 is 0 Å². The number of benzene rings is 3. The molecule has 0 spiro atoms. The fourth-order valence-electron chi connectivity index (χ4n) is 4.14. The van der Waals surface area contributed by atoms with Crippen LogP contribution in [0.3, 0.4) is 0 Å². The molecule has 0 radical (unpaired) electrons. The van der Waals surface area contributed by atoms with Gasteiger partial charge in [-0.2, -0.15) is 0 Å². The summed E-state index contributed by atoms with van der Waals surface area (Å²) < 4.78 is 30.9. The highest BCUT2D eigenvalue weighted by Gasteiger charge is 2.27. The Morgan fingerprint density at radius 1 is 0.939 bits per heavy atom. The molecule has 0 aromatic heterocycles. The van der Waals surface area contributed by atoms with Gasteiger partial charge in [-0.1, -0.05) is 60.7 Å². The SMILES string of the molecule is CS(=O)(=O)N1CCCc2cc(C(=O)COC(=O)C(c3ccccc3)c3ccccc3)ccc21. The van der Waals surface area contributed by atoms with Gasteiger partial charge in [0.05, 0.1) is 11.9 Å². The molecule has 1 heterocycles. The van der Waals surface area contributed by atoms with Gasteiger partial charge in [-0.25, -0.2) is 8.42 Å². The van der Waals surface area contributed by atoms with Crippen LogP contribution in [0, 0.1) is 0 Å². The smallest absolute Gasteiger partial charge is 0.318 e. The first-order valence-corrected chi connectivity index (χ1v) is 12.6. The van der Waals surface area contributed by atoms with Crippen molar-refractivity contribution in [3.8, 4) is 0 Å². The van der Waals surface area contributed by atoms with Crippen LogP contribution in [0.2, 0.25) is 0 Å². The van der Waals surface area contributed by atoms with Crippen LogP contribution in [-0.2, 0) is 26.0 Å². The predicted octanol–water partition coefficient (Wildman–Crippen LogP) is 3.96. The van der Waals surface area contributed by atoms with Gasteiger partial charge in [0.1, 0.15) is 5.92 Å². The van der Waals surface area contributed by atoms with Gasteiger partial charge in [-0.3, -0.25) is 13.9 Å². The standard InChI is InChI=1S/C26H25NO5S/c1-33(30,31)27-16-8-13-21-17-22(14-15-23(21)27)24(28)18-32-26(29)25(19-9-4-2-5-10-19)20-11-6-3-7-12-20/h2-7,9-12,14-15,17,25H,8,13,16,18H2,1H3. The zero-order chi connectivity index (χ0) is 23.4. The van der Waals surface area contributed by atoms with Crippen LogP contribution in [0.5, 0.6) is 0 Å². The van der Waals surface area contributed by atoms with E-state index < -0.39 is 21.9 Å². The molecule has 0 saturated carbocycles. The molecule has 4 rings (SSSR count). The number of nitrogens with zero attached hydrogens (tertiary/aromatic N) is 1. The summed E-state index contributed by atoms with van der Waals surface area (Å²) >= 11 is 0. The highest BCUT2D eigenvalue weighted by Crippen LogP contribution is 2.30. The minimum absolute atomic E-state index is 0.331. The Hall–Kier alpha value is -3.45. The highest BCUT2D eigenvalue weighted by molar-refractivity contribution is 7.92. The monoisotopic (exact) mass is 463 g/mol. The first-order valence-electron chi connectivity index (χ1n) is 10.7. The number of anilines is 1. The van der Waals surface area contributed by atoms with E-state index in [0.717, 1.165) is 16.7 Å². The minimum atomic E-state index is -3.38. The fourth-order valence-corrected chi connectivity index (χ4v) is 5.14. The maximum Gasteiger partial charge on any atom is 0.318 e. The van der Waals surface area contributed by atoms with Crippen molar-refractivity contribution in [3.05, 3.63) is 101 Å². The number of rotatable bonds is 7. The summed E-state index contributed by atoms with van der Waals surface area (Å²) in [6.07, 6.45) is 2.55. The van der Waals surface area contributed by atoms with Gasteiger partial charge in [0.25, 0.3) is 0 Å². The van der Waals surface area contributed by atoms with E-state index in [9.17, 15) is 18.0 Å². The average molecular weight is 464 g/mol. The zero-order valence-electron chi connectivity index (χ0n) is 18.3. The van der Waals surface area contributed by atoms with Crippen LogP contribution < -0.4 is 4.31 Å². The summed E-state index contributed by atoms with van der Waals surface area (Å²) in [5.74, 6) is -1.46. The Morgan fingerprint density at radius 3 is 2.12 bits per heavy atom. The first-order chi connectivity index (χ1) is 15.8. The number of sulfonamides is 1. The Labute approximate surface area is 193 Å². The van der Waals surface area contributed by atoms with Crippen molar-refractivity contribution < 1.29 is 22.7 Å². The van der Waals surface area contributed by atoms with Gasteiger partial charge in [0.15, 0.2) is 12.4 Å². The number of ether oxygens (including phenoxy) is 1. The van der Waals surface area contributed by atoms with Crippen LogP contribution in [0.15, 0.2) is 78.9 Å². The molecule has 0 N–H and O–H groups in total. The summed E-state index contributed by atoms with van der Waals surface area (Å²) in [7, 11) is -3.38. The average Bonchev–Trinajstić information content (AvgIpc) is 2.82. The van der Waals surface area contributed by atoms with Crippen molar-refractivity contribution in [2.45, 2.75) is 18.8 Å². The number of ketones is 1. The number of fused-ring (bicyclic) bond motifs is 1. The third kappa shape index (κ3) is 5.14. The number of esters is 1. The Balaban J connectivity index is 1.50. The minimum Gasteiger partial charge on any atom is -0.457 e. The zero-order valence-corrected chi connectivity index (χ0v) is 19.1. The van der Waals surface area contributed by atoms with Crippen molar-refractivity contribution >= 4 is 27.5 Å². The third-order valence-corrected chi connectivity index (χ3v) is 6.90. The second-order valence-corrected chi connectivity index (χ2v) is 9.97. The number of Topliss-reactive ketones (excluding diaryl/α,β-unsaturated/α-hetero) is 1. The summed E-state index contributed by atoms with van der Waals surface area (Å²) in [5.41, 5.74) is 3.38. The largest absolute Gasteiger partial charge is 0.457 e. The predicted molar refractivity (Wildman–Crippen MR) is 127 cm³/mol. The highest BCUT2D eigenvalue weighted by atomic mass is 32.2. The van der Waals surface area contributed by atoms with E-state index in [0.29, 0.717) is 30.6 Å². The molecule has 3 aromatic carbocycles. The molecule has 0 unspecified atom stereocenters. The normalized spacial score (nSPS) is 13.5. The second-order valence-electron chi connectivity index (χ2n) is 8.07. The number of carbonyl (C=O) groups excluding carboxylic acids is 2. The van der Waals surface area contributed by atoms with E-state index in [2.05, 4.69) is 0 Å². The van der Waals surface area contributed by atoms with E-state index in [1.807, 2.05) is 60.7 Å². The van der Waals surface area contributed by atoms with Crippen molar-refractivity contribution in [2.75, 3.05) is 23.7 Å². The molecule has 7 heteroatoms. The molecule has 0 saturated heterocycles. The van der Waals surface area contributed by atoms with Crippen LogP contribution >= 0.6 is 0 Å². The van der Waals surface area contributed by atoms with Gasteiger partial charge in [0, 0.05) is 12.1 Å². The summed E-state index contributed by atoms with van der Waals surface area (Å²) in [6.45, 7) is 0.0423.